The van der Waals surface area contributed by atoms with Gasteiger partial charge in [0.2, 0.25) is 0 Å². The van der Waals surface area contributed by atoms with E-state index < -0.39 is 6.17 Å². The van der Waals surface area contributed by atoms with Gasteiger partial charge in [0.25, 0.3) is 0 Å². The molecular formula is C23H31FO2. The predicted octanol–water partition coefficient (Wildman–Crippen LogP) is 6.37. The summed E-state index contributed by atoms with van der Waals surface area (Å²) in [6.45, 7) is 15.7. The fraction of sp³-hybridized carbons (Fsp3) is 0.478. The molecule has 2 nitrogen and oxygen atoms in total. The maximum atomic E-state index is 15.6. The molecule has 0 aliphatic carbocycles. The molecule has 0 radical (unpaired) electrons. The normalized spacial score (nSPS) is 12.7. The summed E-state index contributed by atoms with van der Waals surface area (Å²) in [6, 6.07) is 7.10. The number of phenols is 2. The number of aryl methyl sites for hydroxylation is 2. The lowest BCUT2D eigenvalue weighted by Gasteiger charge is -2.26. The summed E-state index contributed by atoms with van der Waals surface area (Å²) in [4.78, 5) is 0. The second-order valence-corrected chi connectivity index (χ2v) is 9.36. The van der Waals surface area contributed by atoms with E-state index in [-0.39, 0.29) is 33.5 Å². The third-order valence-electron chi connectivity index (χ3n) is 4.73. The quantitative estimate of drug-likeness (QED) is 0.655. The number of hydrogen-bond donors (Lipinski definition) is 2. The molecule has 0 bridgehead atoms. The minimum atomic E-state index is -1.60. The van der Waals surface area contributed by atoms with E-state index in [1.165, 1.54) is 0 Å². The van der Waals surface area contributed by atoms with Crippen LogP contribution in [0.4, 0.5) is 4.39 Å². The van der Waals surface area contributed by atoms with E-state index in [1.807, 2.05) is 67.5 Å². The fourth-order valence-electron chi connectivity index (χ4n) is 3.31. The first-order valence-electron chi connectivity index (χ1n) is 9.05. The highest BCUT2D eigenvalue weighted by atomic mass is 19.1. The highest BCUT2D eigenvalue weighted by Gasteiger charge is 2.29. The Morgan fingerprint density at radius 1 is 0.692 bits per heavy atom. The molecule has 0 aliphatic heterocycles. The van der Waals surface area contributed by atoms with Crippen molar-refractivity contribution in [1.29, 1.82) is 0 Å². The van der Waals surface area contributed by atoms with Gasteiger partial charge in [0.15, 0.2) is 6.17 Å². The van der Waals surface area contributed by atoms with Gasteiger partial charge < -0.3 is 10.2 Å². The largest absolute Gasteiger partial charge is 0.507 e. The Kier molecular flexibility index (Phi) is 5.15. The molecule has 142 valence electrons. The second kappa shape index (κ2) is 6.61. The molecule has 0 atom stereocenters. The Labute approximate surface area is 156 Å². The average Bonchev–Trinajstić information content (AvgIpc) is 2.48. The minimum Gasteiger partial charge on any atom is -0.507 e. The number of alkyl halides is 1. The molecule has 3 heteroatoms. The summed E-state index contributed by atoms with van der Waals surface area (Å²) in [5, 5.41) is 21.5. The smallest absolute Gasteiger partial charge is 0.157 e. The lowest BCUT2D eigenvalue weighted by Crippen LogP contribution is -2.14. The number of benzene rings is 2. The standard InChI is InChI=1S/C23H31FO2/c1-13-9-15(20(25)17(11-13)22(3,4)5)19(24)16-10-14(2)12-18(21(16)26)23(6,7)8/h9-12,19,25-26H,1-8H3. The molecular weight excluding hydrogens is 327 g/mol. The molecule has 0 amide bonds. The van der Waals surface area contributed by atoms with Crippen LogP contribution in [0.1, 0.15) is 81.1 Å². The summed E-state index contributed by atoms with van der Waals surface area (Å²) in [5.74, 6) is -0.0670. The van der Waals surface area contributed by atoms with Crippen molar-refractivity contribution in [3.05, 3.63) is 57.6 Å². The van der Waals surface area contributed by atoms with Crippen molar-refractivity contribution >= 4 is 0 Å². The SMILES string of the molecule is Cc1cc(C(F)c2cc(C)cc(C(C)(C)C)c2O)c(O)c(C(C)(C)C)c1. The maximum absolute atomic E-state index is 15.6. The monoisotopic (exact) mass is 358 g/mol. The lowest BCUT2D eigenvalue weighted by atomic mass is 9.81. The zero-order valence-electron chi connectivity index (χ0n) is 17.2. The maximum Gasteiger partial charge on any atom is 0.157 e. The van der Waals surface area contributed by atoms with Crippen LogP contribution < -0.4 is 0 Å². The Balaban J connectivity index is 2.70. The van der Waals surface area contributed by atoms with E-state index in [2.05, 4.69) is 0 Å². The van der Waals surface area contributed by atoms with Gasteiger partial charge >= 0.3 is 0 Å². The molecule has 0 saturated heterocycles. The summed E-state index contributed by atoms with van der Waals surface area (Å²) < 4.78 is 15.6. The first-order chi connectivity index (χ1) is 11.7. The molecule has 0 aromatic heterocycles. The Morgan fingerprint density at radius 3 is 1.27 bits per heavy atom. The number of hydrogen-bond acceptors (Lipinski definition) is 2. The van der Waals surface area contributed by atoms with E-state index in [4.69, 9.17) is 0 Å². The van der Waals surface area contributed by atoms with Crippen molar-refractivity contribution in [3.8, 4) is 11.5 Å². The van der Waals surface area contributed by atoms with Crippen LogP contribution >= 0.6 is 0 Å². The number of phenolic OH excluding ortho intramolecular Hbond substituents is 2. The van der Waals surface area contributed by atoms with Gasteiger partial charge in [0.1, 0.15) is 11.5 Å². The van der Waals surface area contributed by atoms with Gasteiger partial charge in [-0.25, -0.2) is 4.39 Å². The molecule has 2 aromatic rings. The van der Waals surface area contributed by atoms with Crippen molar-refractivity contribution in [2.75, 3.05) is 0 Å². The Morgan fingerprint density at radius 2 is 1.00 bits per heavy atom. The Hall–Kier alpha value is -2.03. The topological polar surface area (TPSA) is 40.5 Å². The predicted molar refractivity (Wildman–Crippen MR) is 106 cm³/mol. The molecule has 2 aromatic carbocycles. The highest BCUT2D eigenvalue weighted by molar-refractivity contribution is 5.55. The summed E-state index contributed by atoms with van der Waals surface area (Å²) in [5.41, 5.74) is 2.97. The van der Waals surface area contributed by atoms with E-state index in [9.17, 15) is 10.2 Å². The molecule has 0 unspecified atom stereocenters. The zero-order valence-corrected chi connectivity index (χ0v) is 17.2. The van der Waals surface area contributed by atoms with Gasteiger partial charge in [-0.05, 0) is 47.9 Å². The van der Waals surface area contributed by atoms with Crippen molar-refractivity contribution in [2.24, 2.45) is 0 Å². The fourth-order valence-corrected chi connectivity index (χ4v) is 3.31. The van der Waals surface area contributed by atoms with Crippen molar-refractivity contribution in [2.45, 2.75) is 72.4 Å². The Bertz CT molecular complexity index is 754. The van der Waals surface area contributed by atoms with Crippen LogP contribution in [0.3, 0.4) is 0 Å². The van der Waals surface area contributed by atoms with Crippen molar-refractivity contribution in [1.82, 2.24) is 0 Å². The highest BCUT2D eigenvalue weighted by Crippen LogP contribution is 2.44. The van der Waals surface area contributed by atoms with Crippen LogP contribution in [-0.4, -0.2) is 10.2 Å². The van der Waals surface area contributed by atoms with Gasteiger partial charge in [-0.15, -0.1) is 0 Å². The molecule has 0 heterocycles. The molecule has 0 saturated carbocycles. The summed E-state index contributed by atoms with van der Waals surface area (Å²) in [6.07, 6.45) is -1.60. The van der Waals surface area contributed by atoms with E-state index >= 15 is 4.39 Å². The lowest BCUT2D eigenvalue weighted by molar-refractivity contribution is 0.355. The van der Waals surface area contributed by atoms with Gasteiger partial charge in [-0.1, -0.05) is 64.8 Å². The van der Waals surface area contributed by atoms with Crippen LogP contribution in [0, 0.1) is 13.8 Å². The third-order valence-corrected chi connectivity index (χ3v) is 4.73. The van der Waals surface area contributed by atoms with Crippen LogP contribution in [0.2, 0.25) is 0 Å². The van der Waals surface area contributed by atoms with Crippen LogP contribution in [-0.2, 0) is 10.8 Å². The van der Waals surface area contributed by atoms with Crippen LogP contribution in [0.5, 0.6) is 11.5 Å². The average molecular weight is 358 g/mol. The number of rotatable bonds is 2. The minimum absolute atomic E-state index is 0.0335. The number of aromatic hydroxyl groups is 2. The first-order valence-corrected chi connectivity index (χ1v) is 9.05. The van der Waals surface area contributed by atoms with Crippen LogP contribution in [0.15, 0.2) is 24.3 Å². The van der Waals surface area contributed by atoms with Gasteiger partial charge in [0.05, 0.1) is 0 Å². The molecule has 0 aliphatic rings. The van der Waals surface area contributed by atoms with E-state index in [1.54, 1.807) is 12.1 Å². The second-order valence-electron chi connectivity index (χ2n) is 9.36. The summed E-state index contributed by atoms with van der Waals surface area (Å²) in [7, 11) is 0. The van der Waals surface area contributed by atoms with Crippen molar-refractivity contribution < 1.29 is 14.6 Å². The van der Waals surface area contributed by atoms with Gasteiger partial charge in [-0.2, -0.15) is 0 Å². The molecule has 26 heavy (non-hydrogen) atoms. The molecule has 2 N–H and O–H groups in total. The molecule has 2 rings (SSSR count). The first kappa shape index (κ1) is 20.3. The third kappa shape index (κ3) is 3.87. The number of halogens is 1. The van der Waals surface area contributed by atoms with Crippen molar-refractivity contribution in [3.63, 3.8) is 0 Å². The van der Waals surface area contributed by atoms with Gasteiger partial charge in [0, 0.05) is 11.1 Å². The zero-order chi connectivity index (χ0) is 20.0. The summed E-state index contributed by atoms with van der Waals surface area (Å²) >= 11 is 0. The van der Waals surface area contributed by atoms with E-state index in [0.29, 0.717) is 11.1 Å². The molecule has 0 fully saturated rings. The van der Waals surface area contributed by atoms with Crippen LogP contribution in [0.25, 0.3) is 0 Å². The molecule has 0 spiro atoms. The van der Waals surface area contributed by atoms with Gasteiger partial charge in [-0.3, -0.25) is 0 Å². The van der Waals surface area contributed by atoms with E-state index in [0.717, 1.165) is 11.1 Å².